The number of aromatic nitrogens is 3. The Hall–Kier alpha value is -2.24. The normalized spacial score (nSPS) is 21.4. The van der Waals surface area contributed by atoms with Crippen LogP contribution in [0.25, 0.3) is 11.5 Å². The maximum atomic E-state index is 12.4. The molecule has 1 saturated heterocycles. The minimum atomic E-state index is 0.168. The fraction of sp³-hybridized carbons (Fsp3) is 0.529. The molecule has 0 radical (unpaired) electrons. The summed E-state index contributed by atoms with van der Waals surface area (Å²) < 4.78 is 5.23. The van der Waals surface area contributed by atoms with Gasteiger partial charge in [-0.3, -0.25) is 9.78 Å². The molecule has 0 N–H and O–H groups in total. The largest absolute Gasteiger partial charge is 0.342 e. The van der Waals surface area contributed by atoms with Crippen molar-refractivity contribution in [3.63, 3.8) is 0 Å². The first-order chi connectivity index (χ1) is 11.1. The van der Waals surface area contributed by atoms with Gasteiger partial charge in [-0.2, -0.15) is 4.98 Å². The van der Waals surface area contributed by atoms with Crippen LogP contribution < -0.4 is 0 Å². The number of amides is 1. The van der Waals surface area contributed by atoms with Crippen molar-refractivity contribution in [2.24, 2.45) is 11.8 Å². The first-order valence-electron chi connectivity index (χ1n) is 8.13. The number of hydrogen-bond acceptors (Lipinski definition) is 5. The van der Waals surface area contributed by atoms with Crippen LogP contribution in [0.5, 0.6) is 0 Å². The number of carbonyl (C=O) groups is 1. The SMILES string of the molecule is CC1CC(C)CN(C(=O)CCc2nc(-c3ccccn3)no2)C1. The van der Waals surface area contributed by atoms with E-state index in [-0.39, 0.29) is 5.91 Å². The van der Waals surface area contributed by atoms with Crippen molar-refractivity contribution in [2.45, 2.75) is 33.1 Å². The molecule has 2 atom stereocenters. The van der Waals surface area contributed by atoms with Crippen molar-refractivity contribution >= 4 is 5.91 Å². The highest BCUT2D eigenvalue weighted by molar-refractivity contribution is 5.76. The molecule has 3 heterocycles. The average Bonchev–Trinajstić information content (AvgIpc) is 3.01. The molecule has 6 heteroatoms. The van der Waals surface area contributed by atoms with Crippen molar-refractivity contribution < 1.29 is 9.32 Å². The molecule has 1 amide bonds. The lowest BCUT2D eigenvalue weighted by atomic mass is 9.91. The number of likely N-dealkylation sites (tertiary alicyclic amines) is 1. The Morgan fingerprint density at radius 2 is 2.09 bits per heavy atom. The molecule has 1 aliphatic heterocycles. The quantitative estimate of drug-likeness (QED) is 0.867. The van der Waals surface area contributed by atoms with Crippen molar-refractivity contribution in [1.29, 1.82) is 0 Å². The molecule has 6 nitrogen and oxygen atoms in total. The Morgan fingerprint density at radius 3 is 2.78 bits per heavy atom. The predicted molar refractivity (Wildman–Crippen MR) is 85.4 cm³/mol. The zero-order chi connectivity index (χ0) is 16.2. The lowest BCUT2D eigenvalue weighted by Crippen LogP contribution is -2.42. The molecule has 2 unspecified atom stereocenters. The molecular formula is C17H22N4O2. The predicted octanol–water partition coefficient (Wildman–Crippen LogP) is 2.57. The topological polar surface area (TPSA) is 72.1 Å². The van der Waals surface area contributed by atoms with Crippen LogP contribution in [0.3, 0.4) is 0 Å². The Morgan fingerprint density at radius 1 is 1.30 bits per heavy atom. The van der Waals surface area contributed by atoms with Crippen molar-refractivity contribution in [1.82, 2.24) is 20.0 Å². The molecule has 1 fully saturated rings. The molecule has 3 rings (SSSR count). The molecule has 0 saturated carbocycles. The number of rotatable bonds is 4. The van der Waals surface area contributed by atoms with Gasteiger partial charge in [0.2, 0.25) is 17.6 Å². The third-order valence-corrected chi connectivity index (χ3v) is 4.14. The number of carbonyl (C=O) groups excluding carboxylic acids is 1. The van der Waals surface area contributed by atoms with Crippen LogP contribution >= 0.6 is 0 Å². The van der Waals surface area contributed by atoms with E-state index in [2.05, 4.69) is 29.0 Å². The van der Waals surface area contributed by atoms with Crippen molar-refractivity contribution in [3.8, 4) is 11.5 Å². The summed E-state index contributed by atoms with van der Waals surface area (Å²) in [5.74, 6) is 2.26. The van der Waals surface area contributed by atoms with Gasteiger partial charge in [0.05, 0.1) is 0 Å². The minimum Gasteiger partial charge on any atom is -0.342 e. The van der Waals surface area contributed by atoms with Crippen LogP contribution in [0, 0.1) is 11.8 Å². The average molecular weight is 314 g/mol. The summed E-state index contributed by atoms with van der Waals surface area (Å²) >= 11 is 0. The first-order valence-corrected chi connectivity index (χ1v) is 8.13. The van der Waals surface area contributed by atoms with E-state index in [1.54, 1.807) is 6.20 Å². The number of piperidine rings is 1. The molecule has 122 valence electrons. The van der Waals surface area contributed by atoms with E-state index < -0.39 is 0 Å². The molecule has 2 aromatic heterocycles. The number of pyridine rings is 1. The summed E-state index contributed by atoms with van der Waals surface area (Å²) in [6.07, 6.45) is 3.76. The van der Waals surface area contributed by atoms with Crippen LogP contribution in [-0.2, 0) is 11.2 Å². The van der Waals surface area contributed by atoms with Gasteiger partial charge in [0, 0.05) is 32.1 Å². The van der Waals surface area contributed by atoms with Crippen LogP contribution in [0.2, 0.25) is 0 Å². The van der Waals surface area contributed by atoms with Crippen LogP contribution in [0.15, 0.2) is 28.9 Å². The number of hydrogen-bond donors (Lipinski definition) is 0. The van der Waals surface area contributed by atoms with Gasteiger partial charge in [-0.25, -0.2) is 0 Å². The second-order valence-electron chi connectivity index (χ2n) is 6.47. The highest BCUT2D eigenvalue weighted by Gasteiger charge is 2.25. The number of nitrogens with zero attached hydrogens (tertiary/aromatic N) is 4. The fourth-order valence-corrected chi connectivity index (χ4v) is 3.19. The maximum Gasteiger partial charge on any atom is 0.227 e. The summed E-state index contributed by atoms with van der Waals surface area (Å²) in [5, 5.41) is 3.93. The minimum absolute atomic E-state index is 0.168. The summed E-state index contributed by atoms with van der Waals surface area (Å²) in [5.41, 5.74) is 0.674. The Labute approximate surface area is 135 Å². The van der Waals surface area contributed by atoms with E-state index in [1.165, 1.54) is 6.42 Å². The first kappa shape index (κ1) is 15.6. The zero-order valence-corrected chi connectivity index (χ0v) is 13.6. The van der Waals surface area contributed by atoms with E-state index in [9.17, 15) is 4.79 Å². The molecule has 0 aliphatic carbocycles. The smallest absolute Gasteiger partial charge is 0.227 e. The molecule has 23 heavy (non-hydrogen) atoms. The maximum absolute atomic E-state index is 12.4. The second kappa shape index (κ2) is 6.89. The van der Waals surface area contributed by atoms with Crippen molar-refractivity contribution in [2.75, 3.05) is 13.1 Å². The summed E-state index contributed by atoms with van der Waals surface area (Å²) in [7, 11) is 0. The van der Waals surface area contributed by atoms with Gasteiger partial charge >= 0.3 is 0 Å². The second-order valence-corrected chi connectivity index (χ2v) is 6.47. The van der Waals surface area contributed by atoms with Gasteiger partial charge in [0.1, 0.15) is 5.69 Å². The van der Waals surface area contributed by atoms with Crippen LogP contribution in [0.1, 0.15) is 32.6 Å². The van der Waals surface area contributed by atoms with E-state index >= 15 is 0 Å². The highest BCUT2D eigenvalue weighted by Crippen LogP contribution is 2.22. The third-order valence-electron chi connectivity index (χ3n) is 4.14. The van der Waals surface area contributed by atoms with Crippen LogP contribution in [-0.4, -0.2) is 39.0 Å². The van der Waals surface area contributed by atoms with Crippen LogP contribution in [0.4, 0.5) is 0 Å². The standard InChI is InChI=1S/C17H22N4O2/c1-12-9-13(2)11-21(10-12)16(22)7-6-15-19-17(20-23-15)14-5-3-4-8-18-14/h3-5,8,12-13H,6-7,9-11H2,1-2H3. The van der Waals surface area contributed by atoms with E-state index in [4.69, 9.17) is 4.52 Å². The Balaban J connectivity index is 1.56. The lowest BCUT2D eigenvalue weighted by Gasteiger charge is -2.35. The summed E-state index contributed by atoms with van der Waals surface area (Å²) in [6.45, 7) is 6.11. The Kier molecular flexibility index (Phi) is 4.69. The van der Waals surface area contributed by atoms with E-state index in [1.807, 2.05) is 23.1 Å². The zero-order valence-electron chi connectivity index (χ0n) is 13.6. The molecular weight excluding hydrogens is 292 g/mol. The lowest BCUT2D eigenvalue weighted by molar-refractivity contribution is -0.133. The Bertz CT molecular complexity index is 646. The monoisotopic (exact) mass is 314 g/mol. The highest BCUT2D eigenvalue weighted by atomic mass is 16.5. The fourth-order valence-electron chi connectivity index (χ4n) is 3.19. The van der Waals surface area contributed by atoms with Gasteiger partial charge in [-0.1, -0.05) is 25.1 Å². The van der Waals surface area contributed by atoms with E-state index in [0.717, 1.165) is 13.1 Å². The van der Waals surface area contributed by atoms with E-state index in [0.29, 0.717) is 42.1 Å². The molecule has 0 aromatic carbocycles. The van der Waals surface area contributed by atoms with Gasteiger partial charge < -0.3 is 9.42 Å². The third kappa shape index (κ3) is 3.94. The van der Waals surface area contributed by atoms with Gasteiger partial charge in [0.25, 0.3) is 0 Å². The molecule has 0 bridgehead atoms. The number of aryl methyl sites for hydroxylation is 1. The molecule has 1 aliphatic rings. The molecule has 2 aromatic rings. The summed E-state index contributed by atoms with van der Waals surface area (Å²) in [6, 6.07) is 5.54. The van der Waals surface area contributed by atoms with Gasteiger partial charge in [-0.15, -0.1) is 0 Å². The van der Waals surface area contributed by atoms with Gasteiger partial charge in [0.15, 0.2) is 0 Å². The molecule has 0 spiro atoms. The van der Waals surface area contributed by atoms with Crippen molar-refractivity contribution in [3.05, 3.63) is 30.3 Å². The summed E-state index contributed by atoms with van der Waals surface area (Å²) in [4.78, 5) is 22.8. The van der Waals surface area contributed by atoms with Gasteiger partial charge in [-0.05, 0) is 30.4 Å².